The zero-order chi connectivity index (χ0) is 19.6. The number of hydrogen-bond donors (Lipinski definition) is 2. The highest BCUT2D eigenvalue weighted by Gasteiger charge is 2.45. The fourth-order valence-corrected chi connectivity index (χ4v) is 3.56. The van der Waals surface area contributed by atoms with Gasteiger partial charge in [-0.1, -0.05) is 30.2 Å². The second-order valence-electron chi connectivity index (χ2n) is 6.91. The van der Waals surface area contributed by atoms with Crippen LogP contribution in [0.4, 0.5) is 11.4 Å². The predicted octanol–water partition coefficient (Wildman–Crippen LogP) is 5.25. The third kappa shape index (κ3) is 3.53. The summed E-state index contributed by atoms with van der Waals surface area (Å²) in [7, 11) is 0. The van der Waals surface area contributed by atoms with Crippen LogP contribution in [0, 0.1) is 0 Å². The lowest BCUT2D eigenvalue weighted by atomic mass is 9.64. The van der Waals surface area contributed by atoms with Crippen molar-refractivity contribution in [2.75, 3.05) is 10.6 Å². The van der Waals surface area contributed by atoms with Crippen LogP contribution in [0.1, 0.15) is 35.4 Å². The molecule has 1 aromatic heterocycles. The van der Waals surface area contributed by atoms with Crippen molar-refractivity contribution in [1.82, 2.24) is 0 Å². The fraction of sp³-hybridized carbons (Fsp3) is 0.182. The molecule has 0 aliphatic heterocycles. The molecule has 5 nitrogen and oxygen atoms in total. The molecule has 142 valence electrons. The first-order chi connectivity index (χ1) is 13.6. The van der Waals surface area contributed by atoms with Crippen molar-refractivity contribution in [3.05, 3.63) is 83.3 Å². The highest BCUT2D eigenvalue weighted by Crippen LogP contribution is 2.44. The maximum Gasteiger partial charge on any atom is 0.291 e. The molecule has 2 amide bonds. The van der Waals surface area contributed by atoms with Crippen molar-refractivity contribution in [2.24, 2.45) is 0 Å². The summed E-state index contributed by atoms with van der Waals surface area (Å²) in [4.78, 5) is 25.0. The first-order valence-electron chi connectivity index (χ1n) is 9.09. The maximum atomic E-state index is 13.0. The van der Waals surface area contributed by atoms with Crippen LogP contribution >= 0.6 is 11.6 Å². The fourth-order valence-electron chi connectivity index (χ4n) is 3.43. The zero-order valence-corrected chi connectivity index (χ0v) is 15.8. The van der Waals surface area contributed by atoms with E-state index in [2.05, 4.69) is 10.6 Å². The van der Waals surface area contributed by atoms with Gasteiger partial charge in [0.1, 0.15) is 0 Å². The molecule has 28 heavy (non-hydrogen) atoms. The van der Waals surface area contributed by atoms with Gasteiger partial charge >= 0.3 is 0 Å². The Morgan fingerprint density at radius 1 is 0.893 bits per heavy atom. The van der Waals surface area contributed by atoms with Crippen molar-refractivity contribution in [3.63, 3.8) is 0 Å². The quantitative estimate of drug-likeness (QED) is 0.621. The Labute approximate surface area is 167 Å². The van der Waals surface area contributed by atoms with Crippen molar-refractivity contribution >= 4 is 34.8 Å². The van der Waals surface area contributed by atoms with Gasteiger partial charge in [-0.3, -0.25) is 9.59 Å². The van der Waals surface area contributed by atoms with Gasteiger partial charge in [-0.05, 0) is 66.9 Å². The number of hydrogen-bond acceptors (Lipinski definition) is 3. The maximum absolute atomic E-state index is 13.0. The second kappa shape index (κ2) is 7.52. The van der Waals surface area contributed by atoms with Crippen LogP contribution in [-0.2, 0) is 10.2 Å². The van der Waals surface area contributed by atoms with Gasteiger partial charge in [0.2, 0.25) is 5.91 Å². The van der Waals surface area contributed by atoms with Crippen LogP contribution < -0.4 is 10.6 Å². The molecule has 1 aliphatic carbocycles. The summed E-state index contributed by atoms with van der Waals surface area (Å²) >= 11 is 5.98. The standard InChI is InChI=1S/C22H19ClN2O3/c23-16-6-4-15(5-7-16)22(12-2-13-22)21(27)25-18-10-8-17(9-11-18)24-20(26)19-3-1-14-28-19/h1,3-11,14H,2,12-13H2,(H,24,26)(H,25,27). The lowest BCUT2D eigenvalue weighted by Crippen LogP contribution is -2.45. The Balaban J connectivity index is 1.44. The first-order valence-corrected chi connectivity index (χ1v) is 9.47. The lowest BCUT2D eigenvalue weighted by molar-refractivity contribution is -0.124. The average Bonchev–Trinajstić information content (AvgIpc) is 3.19. The highest BCUT2D eigenvalue weighted by atomic mass is 35.5. The molecule has 6 heteroatoms. The topological polar surface area (TPSA) is 71.3 Å². The van der Waals surface area contributed by atoms with Crippen molar-refractivity contribution in [1.29, 1.82) is 0 Å². The number of carbonyl (C=O) groups is 2. The Morgan fingerprint density at radius 2 is 1.54 bits per heavy atom. The van der Waals surface area contributed by atoms with Crippen molar-refractivity contribution in [3.8, 4) is 0 Å². The molecular formula is C22H19ClN2O3. The highest BCUT2D eigenvalue weighted by molar-refractivity contribution is 6.30. The number of benzene rings is 2. The van der Waals surface area contributed by atoms with Crippen molar-refractivity contribution < 1.29 is 14.0 Å². The SMILES string of the molecule is O=C(Nc1ccc(NC(=O)C2(c3ccc(Cl)cc3)CCC2)cc1)c1ccco1. The van der Waals surface area contributed by atoms with Crippen LogP contribution in [0.25, 0.3) is 0 Å². The summed E-state index contributed by atoms with van der Waals surface area (Å²) in [5, 5.41) is 6.41. The first kappa shape index (κ1) is 18.3. The van der Waals surface area contributed by atoms with Crippen LogP contribution in [0.5, 0.6) is 0 Å². The monoisotopic (exact) mass is 394 g/mol. The third-order valence-corrected chi connectivity index (χ3v) is 5.44. The normalized spacial score (nSPS) is 14.8. The molecule has 4 rings (SSSR count). The summed E-state index contributed by atoms with van der Waals surface area (Å²) in [5.74, 6) is -0.0985. The molecular weight excluding hydrogens is 376 g/mol. The molecule has 1 saturated carbocycles. The number of amides is 2. The van der Waals surface area contributed by atoms with E-state index in [1.807, 2.05) is 24.3 Å². The van der Waals surface area contributed by atoms with E-state index in [1.54, 1.807) is 36.4 Å². The van der Waals surface area contributed by atoms with E-state index in [4.69, 9.17) is 16.0 Å². The Hall–Kier alpha value is -3.05. The summed E-state index contributed by atoms with van der Waals surface area (Å²) in [6, 6.07) is 17.8. The zero-order valence-electron chi connectivity index (χ0n) is 15.1. The number of rotatable bonds is 5. The molecule has 0 spiro atoms. The molecule has 0 radical (unpaired) electrons. The van der Waals surface area contributed by atoms with E-state index in [9.17, 15) is 9.59 Å². The van der Waals surface area contributed by atoms with Gasteiger partial charge < -0.3 is 15.1 Å². The molecule has 1 heterocycles. The molecule has 0 bridgehead atoms. The Morgan fingerprint density at radius 3 is 2.07 bits per heavy atom. The second-order valence-corrected chi connectivity index (χ2v) is 7.34. The third-order valence-electron chi connectivity index (χ3n) is 5.18. The predicted molar refractivity (Wildman–Crippen MR) is 109 cm³/mol. The molecule has 1 fully saturated rings. The molecule has 1 aliphatic rings. The van der Waals surface area contributed by atoms with E-state index in [0.29, 0.717) is 16.4 Å². The van der Waals surface area contributed by atoms with E-state index in [1.165, 1.54) is 6.26 Å². The van der Waals surface area contributed by atoms with Gasteiger partial charge in [-0.15, -0.1) is 0 Å². The lowest BCUT2D eigenvalue weighted by Gasteiger charge is -2.40. The number of anilines is 2. The minimum atomic E-state index is -0.503. The minimum Gasteiger partial charge on any atom is -0.459 e. The van der Waals surface area contributed by atoms with Crippen LogP contribution in [0.2, 0.25) is 5.02 Å². The van der Waals surface area contributed by atoms with Gasteiger partial charge in [0, 0.05) is 16.4 Å². The summed E-state index contributed by atoms with van der Waals surface area (Å²) in [6.45, 7) is 0. The van der Waals surface area contributed by atoms with E-state index in [0.717, 1.165) is 24.8 Å². The number of nitrogens with one attached hydrogen (secondary N) is 2. The van der Waals surface area contributed by atoms with Crippen LogP contribution in [-0.4, -0.2) is 11.8 Å². The van der Waals surface area contributed by atoms with E-state index < -0.39 is 5.41 Å². The summed E-state index contributed by atoms with van der Waals surface area (Å²) in [5.41, 5.74) is 1.79. The molecule has 0 atom stereocenters. The number of furan rings is 1. The van der Waals surface area contributed by atoms with Crippen LogP contribution in [0.15, 0.2) is 71.3 Å². The summed E-state index contributed by atoms with van der Waals surface area (Å²) < 4.78 is 5.07. The molecule has 3 aromatic rings. The Bertz CT molecular complexity index is 976. The van der Waals surface area contributed by atoms with Gasteiger partial charge in [0.25, 0.3) is 5.91 Å². The van der Waals surface area contributed by atoms with Gasteiger partial charge in [0.15, 0.2) is 5.76 Å². The van der Waals surface area contributed by atoms with E-state index in [-0.39, 0.29) is 17.6 Å². The molecule has 0 unspecified atom stereocenters. The van der Waals surface area contributed by atoms with Gasteiger partial charge in [-0.2, -0.15) is 0 Å². The molecule has 2 N–H and O–H groups in total. The Kier molecular flexibility index (Phi) is 4.92. The average molecular weight is 395 g/mol. The smallest absolute Gasteiger partial charge is 0.291 e. The largest absolute Gasteiger partial charge is 0.459 e. The number of carbonyl (C=O) groups excluding carboxylic acids is 2. The van der Waals surface area contributed by atoms with Gasteiger partial charge in [0.05, 0.1) is 11.7 Å². The molecule has 2 aromatic carbocycles. The minimum absolute atomic E-state index is 0.0200. The summed E-state index contributed by atoms with van der Waals surface area (Å²) in [6.07, 6.45) is 4.10. The number of halogens is 1. The van der Waals surface area contributed by atoms with Gasteiger partial charge in [-0.25, -0.2) is 0 Å². The van der Waals surface area contributed by atoms with E-state index >= 15 is 0 Å². The van der Waals surface area contributed by atoms with Crippen LogP contribution in [0.3, 0.4) is 0 Å². The van der Waals surface area contributed by atoms with Crippen molar-refractivity contribution in [2.45, 2.75) is 24.7 Å². The molecule has 0 saturated heterocycles.